The van der Waals surface area contributed by atoms with Crippen molar-refractivity contribution in [3.05, 3.63) is 29.8 Å². The molecule has 1 aromatic heterocycles. The van der Waals surface area contributed by atoms with Crippen LogP contribution in [0.5, 0.6) is 0 Å². The van der Waals surface area contributed by atoms with Crippen molar-refractivity contribution >= 4 is 17.4 Å². The molecule has 2 N–H and O–H groups in total. The smallest absolute Gasteiger partial charge is 0.209 e. The number of aryl methyl sites for hydroxylation is 1. The van der Waals surface area contributed by atoms with Gasteiger partial charge in [0, 0.05) is 11.4 Å². The highest BCUT2D eigenvalue weighted by Gasteiger charge is 2.27. The van der Waals surface area contributed by atoms with Gasteiger partial charge in [-0.15, -0.1) is 5.10 Å². The van der Waals surface area contributed by atoms with E-state index in [9.17, 15) is 0 Å². The summed E-state index contributed by atoms with van der Waals surface area (Å²) in [4.78, 5) is 0. The average Bonchev–Trinajstić information content (AvgIpc) is 3.14. The Kier molecular flexibility index (Phi) is 3.68. The Labute approximate surface area is 116 Å². The number of aromatic nitrogens is 4. The highest BCUT2D eigenvalue weighted by molar-refractivity contribution is 7.99. The number of benzene rings is 1. The summed E-state index contributed by atoms with van der Waals surface area (Å²) in [5.41, 5.74) is 7.89. The number of nitrogens with two attached hydrogens (primary N) is 1. The minimum Gasteiger partial charge on any atom is -0.399 e. The van der Waals surface area contributed by atoms with Crippen LogP contribution in [0, 0.1) is 0 Å². The quantitative estimate of drug-likeness (QED) is 0.498. The fourth-order valence-electron chi connectivity index (χ4n) is 2.02. The average molecular weight is 275 g/mol. The lowest BCUT2D eigenvalue weighted by Crippen LogP contribution is -1.99. The second-order valence-electron chi connectivity index (χ2n) is 4.83. The zero-order valence-corrected chi connectivity index (χ0v) is 11.5. The van der Waals surface area contributed by atoms with Gasteiger partial charge in [0.25, 0.3) is 0 Å². The first-order chi connectivity index (χ1) is 9.33. The van der Waals surface area contributed by atoms with Gasteiger partial charge in [-0.3, -0.25) is 0 Å². The predicted octanol–water partition coefficient (Wildman–Crippen LogP) is 2.32. The van der Waals surface area contributed by atoms with Crippen LogP contribution in [0.15, 0.2) is 29.4 Å². The van der Waals surface area contributed by atoms with Gasteiger partial charge in [-0.2, -0.15) is 0 Å². The highest BCUT2D eigenvalue weighted by Crippen LogP contribution is 2.36. The second-order valence-corrected chi connectivity index (χ2v) is 5.90. The van der Waals surface area contributed by atoms with E-state index >= 15 is 0 Å². The summed E-state index contributed by atoms with van der Waals surface area (Å²) in [5, 5.41) is 12.8. The number of hydrogen-bond acceptors (Lipinski definition) is 5. The van der Waals surface area contributed by atoms with Crippen LogP contribution in [-0.4, -0.2) is 26.0 Å². The van der Waals surface area contributed by atoms with Crippen LogP contribution in [0.2, 0.25) is 0 Å². The zero-order valence-electron chi connectivity index (χ0n) is 10.7. The molecule has 0 unspecified atom stereocenters. The highest BCUT2D eigenvalue weighted by atomic mass is 32.2. The molecule has 100 valence electrons. The third kappa shape index (κ3) is 3.26. The zero-order chi connectivity index (χ0) is 13.1. The van der Waals surface area contributed by atoms with Crippen LogP contribution >= 0.6 is 11.8 Å². The number of hydrogen-bond donors (Lipinski definition) is 1. The third-order valence-corrected chi connectivity index (χ3v) is 4.17. The molecule has 1 aliphatic carbocycles. The van der Waals surface area contributed by atoms with Crippen LogP contribution in [0.1, 0.15) is 30.9 Å². The molecule has 0 bridgehead atoms. The summed E-state index contributed by atoms with van der Waals surface area (Å²) >= 11 is 1.74. The van der Waals surface area contributed by atoms with Gasteiger partial charge in [-0.1, -0.05) is 23.9 Å². The van der Waals surface area contributed by atoms with Crippen LogP contribution < -0.4 is 5.73 Å². The van der Waals surface area contributed by atoms with Crippen molar-refractivity contribution in [3.63, 3.8) is 0 Å². The Balaban J connectivity index is 1.46. The maximum absolute atomic E-state index is 5.77. The minimum atomic E-state index is 0.548. The van der Waals surface area contributed by atoms with Gasteiger partial charge >= 0.3 is 0 Å². The fraction of sp³-hybridized carbons (Fsp3) is 0.462. The van der Waals surface area contributed by atoms with Gasteiger partial charge in [0.2, 0.25) is 5.16 Å². The Morgan fingerprint density at radius 1 is 1.37 bits per heavy atom. The Bertz CT molecular complexity index is 549. The van der Waals surface area contributed by atoms with Crippen LogP contribution in [0.4, 0.5) is 5.69 Å². The molecule has 0 amide bonds. The molecule has 1 aliphatic rings. The normalized spacial score (nSPS) is 14.7. The van der Waals surface area contributed by atoms with Gasteiger partial charge in [0.1, 0.15) is 0 Å². The molecule has 0 atom stereocenters. The minimum absolute atomic E-state index is 0.548. The van der Waals surface area contributed by atoms with E-state index in [1.165, 1.54) is 18.4 Å². The Hall–Kier alpha value is -1.56. The van der Waals surface area contributed by atoms with Crippen LogP contribution in [-0.2, 0) is 6.42 Å². The molecule has 0 saturated heterocycles. The van der Waals surface area contributed by atoms with Crippen molar-refractivity contribution in [3.8, 4) is 0 Å². The van der Waals surface area contributed by atoms with E-state index in [1.54, 1.807) is 11.8 Å². The van der Waals surface area contributed by atoms with Gasteiger partial charge in [-0.05, 0) is 53.8 Å². The number of nitrogens with zero attached hydrogens (tertiary/aromatic N) is 4. The van der Waals surface area contributed by atoms with Crippen molar-refractivity contribution in [1.29, 1.82) is 0 Å². The molecule has 1 aromatic carbocycles. The molecule has 3 rings (SSSR count). The van der Waals surface area contributed by atoms with Gasteiger partial charge < -0.3 is 5.73 Å². The van der Waals surface area contributed by atoms with E-state index in [1.807, 2.05) is 22.9 Å². The largest absolute Gasteiger partial charge is 0.399 e. The van der Waals surface area contributed by atoms with Gasteiger partial charge in [-0.25, -0.2) is 4.68 Å². The summed E-state index contributed by atoms with van der Waals surface area (Å²) in [7, 11) is 0. The van der Waals surface area contributed by atoms with Crippen LogP contribution in [0.25, 0.3) is 0 Å². The monoisotopic (exact) mass is 275 g/mol. The van der Waals surface area contributed by atoms with Crippen molar-refractivity contribution in [1.82, 2.24) is 20.2 Å². The lowest BCUT2D eigenvalue weighted by molar-refractivity contribution is 0.565. The van der Waals surface area contributed by atoms with E-state index < -0.39 is 0 Å². The topological polar surface area (TPSA) is 69.6 Å². The first kappa shape index (κ1) is 12.5. The van der Waals surface area contributed by atoms with Crippen LogP contribution in [0.3, 0.4) is 0 Å². The summed E-state index contributed by atoms with van der Waals surface area (Å²) in [6.45, 7) is 0. The van der Waals surface area contributed by atoms with E-state index in [0.29, 0.717) is 6.04 Å². The molecule has 0 aliphatic heterocycles. The molecule has 0 radical (unpaired) electrons. The standard InChI is InChI=1S/C13H17N5S/c14-11-5-1-3-10(9-11)4-2-8-19-13-15-16-17-18(13)12-6-7-12/h1,3,5,9,12H,2,4,6-8,14H2. The molecule has 6 heteroatoms. The summed E-state index contributed by atoms with van der Waals surface area (Å²) < 4.78 is 1.96. The lowest BCUT2D eigenvalue weighted by atomic mass is 10.1. The molecule has 1 saturated carbocycles. The predicted molar refractivity (Wildman–Crippen MR) is 76.0 cm³/mol. The Morgan fingerprint density at radius 2 is 2.26 bits per heavy atom. The molecule has 0 spiro atoms. The third-order valence-electron chi connectivity index (χ3n) is 3.15. The molecule has 2 aromatic rings. The van der Waals surface area contributed by atoms with E-state index in [4.69, 9.17) is 5.73 Å². The number of rotatable bonds is 6. The first-order valence-corrected chi connectivity index (χ1v) is 7.56. The summed E-state index contributed by atoms with van der Waals surface area (Å²) in [5.74, 6) is 1.03. The van der Waals surface area contributed by atoms with E-state index in [-0.39, 0.29) is 0 Å². The van der Waals surface area contributed by atoms with Crippen molar-refractivity contribution in [2.24, 2.45) is 0 Å². The number of nitrogen functional groups attached to an aromatic ring is 1. The molecular weight excluding hydrogens is 258 g/mol. The van der Waals surface area contributed by atoms with E-state index in [0.717, 1.165) is 29.4 Å². The van der Waals surface area contributed by atoms with Gasteiger partial charge in [0.05, 0.1) is 6.04 Å². The Morgan fingerprint density at radius 3 is 3.05 bits per heavy atom. The summed E-state index contributed by atoms with van der Waals surface area (Å²) in [6.07, 6.45) is 4.57. The number of tetrazole rings is 1. The summed E-state index contributed by atoms with van der Waals surface area (Å²) in [6, 6.07) is 8.63. The van der Waals surface area contributed by atoms with Crippen molar-refractivity contribution < 1.29 is 0 Å². The van der Waals surface area contributed by atoms with Gasteiger partial charge in [0.15, 0.2) is 0 Å². The maximum atomic E-state index is 5.77. The first-order valence-electron chi connectivity index (χ1n) is 6.58. The number of anilines is 1. The molecule has 1 fully saturated rings. The molecule has 5 nitrogen and oxygen atoms in total. The molecule has 19 heavy (non-hydrogen) atoms. The molecular formula is C13H17N5S. The lowest BCUT2D eigenvalue weighted by Gasteiger charge is -2.03. The second kappa shape index (κ2) is 5.61. The number of thioether (sulfide) groups is 1. The van der Waals surface area contributed by atoms with Crippen molar-refractivity contribution in [2.75, 3.05) is 11.5 Å². The fourth-order valence-corrected chi connectivity index (χ4v) is 2.90. The SMILES string of the molecule is Nc1cccc(CCCSc2nnnn2C2CC2)c1. The van der Waals surface area contributed by atoms with E-state index in [2.05, 4.69) is 21.6 Å². The molecule has 1 heterocycles. The van der Waals surface area contributed by atoms with Crippen molar-refractivity contribution in [2.45, 2.75) is 36.9 Å². The maximum Gasteiger partial charge on any atom is 0.209 e.